The number of non-ortho nitro benzene ring substituents is 1. The van der Waals surface area contributed by atoms with Crippen molar-refractivity contribution in [3.05, 3.63) is 70.1 Å². The molecule has 12 heteroatoms. The van der Waals surface area contributed by atoms with E-state index in [4.69, 9.17) is 9.15 Å². The zero-order valence-corrected chi connectivity index (χ0v) is 16.5. The van der Waals surface area contributed by atoms with Gasteiger partial charge in [0.2, 0.25) is 15.9 Å². The molecular formula is C18H16N4O7S. The van der Waals surface area contributed by atoms with Gasteiger partial charge in [-0.25, -0.2) is 8.42 Å². The molecule has 0 aliphatic rings. The Kier molecular flexibility index (Phi) is 6.18. The van der Waals surface area contributed by atoms with Gasteiger partial charge in [-0.15, -0.1) is 10.2 Å². The molecule has 0 saturated heterocycles. The lowest BCUT2D eigenvalue weighted by molar-refractivity contribution is -0.384. The van der Waals surface area contributed by atoms with Gasteiger partial charge in [0.1, 0.15) is 6.54 Å². The van der Waals surface area contributed by atoms with Crippen LogP contribution in [0.2, 0.25) is 0 Å². The number of rotatable bonds is 8. The van der Waals surface area contributed by atoms with Crippen molar-refractivity contribution in [2.75, 3.05) is 6.54 Å². The van der Waals surface area contributed by atoms with Crippen LogP contribution in [0, 0.1) is 17.0 Å². The highest BCUT2D eigenvalue weighted by Gasteiger charge is 2.17. The molecule has 0 aliphatic carbocycles. The molecule has 156 valence electrons. The molecular weight excluding hydrogens is 416 g/mol. The fraction of sp³-hybridized carbons (Fsp3) is 0.167. The molecule has 0 saturated carbocycles. The number of esters is 1. The summed E-state index contributed by atoms with van der Waals surface area (Å²) in [6, 6.07) is 11.6. The first-order valence-electron chi connectivity index (χ1n) is 8.54. The van der Waals surface area contributed by atoms with Crippen molar-refractivity contribution in [3.63, 3.8) is 0 Å². The number of aromatic nitrogens is 2. The van der Waals surface area contributed by atoms with Crippen molar-refractivity contribution < 1.29 is 27.3 Å². The third-order valence-corrected chi connectivity index (χ3v) is 5.30. The third-order valence-electron chi connectivity index (χ3n) is 3.89. The molecule has 0 radical (unpaired) electrons. The Labute approximate surface area is 170 Å². The molecule has 0 unspecified atom stereocenters. The van der Waals surface area contributed by atoms with Gasteiger partial charge < -0.3 is 9.15 Å². The highest BCUT2D eigenvalue weighted by molar-refractivity contribution is 7.89. The average molecular weight is 432 g/mol. The number of nitrogens with one attached hydrogen (secondary N) is 1. The van der Waals surface area contributed by atoms with Gasteiger partial charge in [-0.2, -0.15) is 4.72 Å². The molecule has 3 rings (SSSR count). The van der Waals surface area contributed by atoms with Gasteiger partial charge in [-0.1, -0.05) is 17.7 Å². The first kappa shape index (κ1) is 21.1. The summed E-state index contributed by atoms with van der Waals surface area (Å²) in [5.41, 5.74) is 1.28. The molecule has 0 spiro atoms. The number of aryl methyl sites for hydroxylation is 1. The van der Waals surface area contributed by atoms with Gasteiger partial charge in [0.25, 0.3) is 11.6 Å². The van der Waals surface area contributed by atoms with Crippen LogP contribution >= 0.6 is 0 Å². The minimum Gasteiger partial charge on any atom is -0.455 e. The second kappa shape index (κ2) is 8.80. The van der Waals surface area contributed by atoms with E-state index in [2.05, 4.69) is 14.9 Å². The number of hydrogen-bond acceptors (Lipinski definition) is 9. The summed E-state index contributed by atoms with van der Waals surface area (Å²) >= 11 is 0. The predicted octanol–water partition coefficient (Wildman–Crippen LogP) is 1.97. The predicted molar refractivity (Wildman–Crippen MR) is 103 cm³/mol. The molecule has 1 heterocycles. The minimum atomic E-state index is -3.85. The maximum Gasteiger partial charge on any atom is 0.321 e. The zero-order valence-electron chi connectivity index (χ0n) is 15.6. The van der Waals surface area contributed by atoms with E-state index in [0.717, 1.165) is 5.56 Å². The number of nitro benzene ring substituents is 1. The van der Waals surface area contributed by atoms with Crippen molar-refractivity contribution in [2.45, 2.75) is 18.4 Å². The number of carbonyl (C=O) groups is 1. The lowest BCUT2D eigenvalue weighted by Gasteiger charge is -2.06. The lowest BCUT2D eigenvalue weighted by Crippen LogP contribution is -2.30. The number of nitro groups is 1. The van der Waals surface area contributed by atoms with Crippen molar-refractivity contribution in [3.8, 4) is 11.5 Å². The van der Waals surface area contributed by atoms with Gasteiger partial charge in [0.15, 0.2) is 6.61 Å². The molecule has 0 aliphatic heterocycles. The second-order valence-corrected chi connectivity index (χ2v) is 7.87. The first-order chi connectivity index (χ1) is 14.2. The summed E-state index contributed by atoms with van der Waals surface area (Å²) in [5.74, 6) is -0.755. The number of nitrogens with zero attached hydrogens (tertiary/aromatic N) is 3. The summed E-state index contributed by atoms with van der Waals surface area (Å²) in [4.78, 5) is 22.0. The maximum atomic E-state index is 12.1. The van der Waals surface area contributed by atoms with E-state index in [1.807, 2.05) is 6.92 Å². The number of hydrogen-bond donors (Lipinski definition) is 1. The van der Waals surface area contributed by atoms with Crippen molar-refractivity contribution in [2.24, 2.45) is 0 Å². The Morgan fingerprint density at radius 3 is 2.43 bits per heavy atom. The molecule has 1 N–H and O–H groups in total. The fourth-order valence-electron chi connectivity index (χ4n) is 2.30. The minimum absolute atomic E-state index is 0.0157. The van der Waals surface area contributed by atoms with Crippen molar-refractivity contribution >= 4 is 21.7 Å². The van der Waals surface area contributed by atoms with Crippen LogP contribution in [0.4, 0.5) is 5.69 Å². The smallest absolute Gasteiger partial charge is 0.321 e. The summed E-state index contributed by atoms with van der Waals surface area (Å²) in [6.45, 7) is 0.899. The van der Waals surface area contributed by atoms with E-state index < -0.39 is 27.5 Å². The van der Waals surface area contributed by atoms with Crippen LogP contribution in [0.3, 0.4) is 0 Å². The molecule has 3 aromatic rings. The highest BCUT2D eigenvalue weighted by Crippen LogP contribution is 2.21. The van der Waals surface area contributed by atoms with E-state index in [-0.39, 0.29) is 29.0 Å². The van der Waals surface area contributed by atoms with Crippen LogP contribution in [0.5, 0.6) is 0 Å². The Bertz CT molecular complexity index is 1160. The van der Waals surface area contributed by atoms with Crippen molar-refractivity contribution in [1.29, 1.82) is 0 Å². The molecule has 2 aromatic carbocycles. The molecule has 0 amide bonds. The van der Waals surface area contributed by atoms with Crippen molar-refractivity contribution in [1.82, 2.24) is 14.9 Å². The molecule has 30 heavy (non-hydrogen) atoms. The molecule has 0 bridgehead atoms. The number of ether oxygens (including phenoxy) is 1. The Hall–Kier alpha value is -3.64. The summed E-state index contributed by atoms with van der Waals surface area (Å²) in [5, 5.41) is 18.2. The van der Waals surface area contributed by atoms with E-state index in [1.54, 1.807) is 12.1 Å². The van der Waals surface area contributed by atoms with Gasteiger partial charge in [0, 0.05) is 17.7 Å². The number of sulfonamides is 1. The van der Waals surface area contributed by atoms with Gasteiger partial charge >= 0.3 is 5.97 Å². The SMILES string of the molecule is Cc1ccc(S(=O)(=O)NCC(=O)OCc2nnc(-c3ccc([N+](=O)[O-])cc3)o2)cc1. The lowest BCUT2D eigenvalue weighted by atomic mass is 10.2. The van der Waals surface area contributed by atoms with Gasteiger partial charge in [-0.05, 0) is 31.2 Å². The Morgan fingerprint density at radius 1 is 1.13 bits per heavy atom. The largest absolute Gasteiger partial charge is 0.455 e. The number of benzene rings is 2. The fourth-order valence-corrected chi connectivity index (χ4v) is 3.27. The zero-order chi connectivity index (χ0) is 21.7. The summed E-state index contributed by atoms with van der Waals surface area (Å²) in [6.07, 6.45) is 0. The topological polar surface area (TPSA) is 155 Å². The number of carbonyl (C=O) groups excluding carboxylic acids is 1. The normalized spacial score (nSPS) is 11.2. The van der Waals surface area contributed by atoms with Gasteiger partial charge in [0.05, 0.1) is 9.82 Å². The van der Waals surface area contributed by atoms with Crippen LogP contribution in [0.15, 0.2) is 57.8 Å². The van der Waals surface area contributed by atoms with Gasteiger partial charge in [-0.3, -0.25) is 14.9 Å². The van der Waals surface area contributed by atoms with Crippen LogP contribution in [0.1, 0.15) is 11.5 Å². The molecule has 1 aromatic heterocycles. The first-order valence-corrected chi connectivity index (χ1v) is 10.0. The van der Waals surface area contributed by atoms with Crippen LogP contribution in [0.25, 0.3) is 11.5 Å². The standard InChI is InChI=1S/C18H16N4O7S/c1-12-2-8-15(9-3-12)30(26,27)19-10-17(23)28-11-16-20-21-18(29-16)13-4-6-14(7-5-13)22(24)25/h2-9,19H,10-11H2,1H3. The average Bonchev–Trinajstić information content (AvgIpc) is 3.20. The molecule has 0 atom stereocenters. The summed E-state index contributed by atoms with van der Waals surface area (Å²) in [7, 11) is -3.85. The molecule has 0 fully saturated rings. The Balaban J connectivity index is 1.53. The van der Waals surface area contributed by atoms with E-state index in [9.17, 15) is 23.3 Å². The van der Waals surface area contributed by atoms with E-state index >= 15 is 0 Å². The van der Waals surface area contributed by atoms with Crippen LogP contribution < -0.4 is 4.72 Å². The third kappa shape index (κ3) is 5.24. The second-order valence-electron chi connectivity index (χ2n) is 6.10. The van der Waals surface area contributed by atoms with Crippen LogP contribution in [-0.2, 0) is 26.2 Å². The summed E-state index contributed by atoms with van der Waals surface area (Å²) < 4.78 is 36.7. The Morgan fingerprint density at radius 2 is 1.80 bits per heavy atom. The van der Waals surface area contributed by atoms with E-state index in [0.29, 0.717) is 5.56 Å². The van der Waals surface area contributed by atoms with Crippen LogP contribution in [-0.4, -0.2) is 36.1 Å². The highest BCUT2D eigenvalue weighted by atomic mass is 32.2. The monoisotopic (exact) mass is 432 g/mol. The quantitative estimate of drug-likeness (QED) is 0.319. The maximum absolute atomic E-state index is 12.1. The van der Waals surface area contributed by atoms with E-state index in [1.165, 1.54) is 36.4 Å². The molecule has 11 nitrogen and oxygen atoms in total.